The first kappa shape index (κ1) is 15.0. The number of hydrogen-bond acceptors (Lipinski definition) is 2. The largest absolute Gasteiger partial charge is 0.376 e. The van der Waals surface area contributed by atoms with Gasteiger partial charge >= 0.3 is 0 Å². The number of hydrogen-bond donors (Lipinski definition) is 0. The molecule has 4 radical (unpaired) electrons. The van der Waals surface area contributed by atoms with Crippen molar-refractivity contribution in [2.24, 2.45) is 17.3 Å². The van der Waals surface area contributed by atoms with Gasteiger partial charge in [-0.25, -0.2) is 0 Å². The van der Waals surface area contributed by atoms with Crippen LogP contribution in [0.3, 0.4) is 0 Å². The first-order valence-corrected chi connectivity index (χ1v) is 8.20. The van der Waals surface area contributed by atoms with Crippen LogP contribution in [0.2, 0.25) is 0 Å². The number of nitrogens with zero attached hydrogens (tertiary/aromatic N) is 1. The van der Waals surface area contributed by atoms with Gasteiger partial charge in [0.1, 0.15) is 0 Å². The van der Waals surface area contributed by atoms with Crippen LogP contribution in [-0.2, 0) is 4.74 Å². The maximum Gasteiger partial charge on any atom is 0.0828 e. The average molecular weight is 271 g/mol. The van der Waals surface area contributed by atoms with Gasteiger partial charge in [-0.05, 0) is 56.8 Å². The lowest BCUT2D eigenvalue weighted by atomic mass is 9.51. The van der Waals surface area contributed by atoms with Crippen molar-refractivity contribution in [3.8, 4) is 0 Å². The van der Waals surface area contributed by atoms with Crippen molar-refractivity contribution in [3.63, 3.8) is 0 Å². The van der Waals surface area contributed by atoms with Gasteiger partial charge < -0.3 is 9.64 Å². The van der Waals surface area contributed by atoms with E-state index in [1.165, 1.54) is 19.3 Å². The van der Waals surface area contributed by atoms with Crippen molar-refractivity contribution in [2.75, 3.05) is 19.7 Å². The van der Waals surface area contributed by atoms with Crippen LogP contribution in [0.5, 0.6) is 0 Å². The van der Waals surface area contributed by atoms with Crippen molar-refractivity contribution in [1.29, 1.82) is 0 Å². The normalized spacial score (nSPS) is 41.8. The molecule has 2 heterocycles. The Hall–Kier alpha value is 0.0499. The van der Waals surface area contributed by atoms with Crippen LogP contribution in [0.15, 0.2) is 0 Å². The number of fused-ring (bicyclic) bond motifs is 1. The summed E-state index contributed by atoms with van der Waals surface area (Å²) in [7, 11) is 13.3. The lowest BCUT2D eigenvalue weighted by Crippen LogP contribution is -2.58. The Labute approximate surface area is 126 Å². The molecule has 2 nitrogen and oxygen atoms in total. The van der Waals surface area contributed by atoms with E-state index in [1.807, 2.05) is 0 Å². The van der Waals surface area contributed by atoms with Crippen molar-refractivity contribution < 1.29 is 4.74 Å². The van der Waals surface area contributed by atoms with Crippen LogP contribution in [0.25, 0.3) is 0 Å². The van der Waals surface area contributed by atoms with Gasteiger partial charge in [0.25, 0.3) is 0 Å². The van der Waals surface area contributed by atoms with Crippen LogP contribution in [0.4, 0.5) is 0 Å². The molecule has 0 N–H and O–H groups in total. The minimum atomic E-state index is -0.672. The molecule has 0 aromatic rings. The Morgan fingerprint density at radius 3 is 2.60 bits per heavy atom. The molecule has 0 aromatic carbocycles. The van der Waals surface area contributed by atoms with E-state index in [9.17, 15) is 0 Å². The summed E-state index contributed by atoms with van der Waals surface area (Å²) < 4.78 is 5.82. The number of ether oxygens (including phenoxy) is 1. The predicted molar refractivity (Wildman–Crippen MR) is 84.0 cm³/mol. The van der Waals surface area contributed by atoms with E-state index in [2.05, 4.69) is 25.7 Å². The minimum Gasteiger partial charge on any atom is -0.376 e. The Bertz CT molecular complexity index is 385. The second-order valence-electron chi connectivity index (χ2n) is 8.31. The quantitative estimate of drug-likeness (QED) is 0.714. The van der Waals surface area contributed by atoms with Crippen molar-refractivity contribution in [2.45, 2.75) is 63.8 Å². The topological polar surface area (TPSA) is 12.5 Å². The zero-order valence-electron chi connectivity index (χ0n) is 13.3. The maximum absolute atomic E-state index is 6.63. The van der Waals surface area contributed by atoms with E-state index in [1.54, 1.807) is 0 Å². The molecule has 1 saturated carbocycles. The lowest BCUT2D eigenvalue weighted by molar-refractivity contribution is -0.0839. The summed E-state index contributed by atoms with van der Waals surface area (Å²) in [6, 6.07) is 0. The van der Waals surface area contributed by atoms with Crippen LogP contribution in [-0.4, -0.2) is 51.2 Å². The second-order valence-corrected chi connectivity index (χ2v) is 8.31. The molecule has 0 aromatic heterocycles. The molecular formula is C16H27B2NO. The maximum atomic E-state index is 6.63. The van der Waals surface area contributed by atoms with Crippen LogP contribution >= 0.6 is 0 Å². The van der Waals surface area contributed by atoms with E-state index < -0.39 is 5.34 Å². The van der Waals surface area contributed by atoms with E-state index in [0.29, 0.717) is 11.3 Å². The highest BCUT2D eigenvalue weighted by Crippen LogP contribution is 2.50. The third kappa shape index (κ3) is 2.47. The molecule has 3 fully saturated rings. The molecule has 3 aliphatic rings. The predicted octanol–water partition coefficient (Wildman–Crippen LogP) is 2.30. The molecule has 2 aliphatic heterocycles. The van der Waals surface area contributed by atoms with Gasteiger partial charge in [0.15, 0.2) is 0 Å². The fourth-order valence-corrected chi connectivity index (χ4v) is 4.77. The van der Waals surface area contributed by atoms with Crippen LogP contribution in [0.1, 0.15) is 52.9 Å². The van der Waals surface area contributed by atoms with Gasteiger partial charge in [0, 0.05) is 19.7 Å². The van der Waals surface area contributed by atoms with Crippen molar-refractivity contribution in [3.05, 3.63) is 0 Å². The fraction of sp³-hybridized carbons (Fsp3) is 1.00. The SMILES string of the molecule is [B]C([B])(C1CCOC(C)(C)C1)N1CC2CCCC2(C)C1. The van der Waals surface area contributed by atoms with Crippen molar-refractivity contribution >= 4 is 15.7 Å². The average Bonchev–Trinajstić information content (AvgIpc) is 2.82. The summed E-state index contributed by atoms with van der Waals surface area (Å²) in [6.45, 7) is 9.66. The molecule has 2 saturated heterocycles. The molecule has 0 spiro atoms. The van der Waals surface area contributed by atoms with Crippen LogP contribution in [0, 0.1) is 17.3 Å². The second kappa shape index (κ2) is 4.78. The Kier molecular flexibility index (Phi) is 3.57. The molecule has 4 heteroatoms. The van der Waals surface area contributed by atoms with E-state index in [4.69, 9.17) is 20.4 Å². The Morgan fingerprint density at radius 2 is 1.95 bits per heavy atom. The zero-order valence-corrected chi connectivity index (χ0v) is 13.3. The first-order valence-electron chi connectivity index (χ1n) is 8.20. The molecule has 3 unspecified atom stereocenters. The molecule has 108 valence electrons. The summed E-state index contributed by atoms with van der Waals surface area (Å²) in [4.78, 5) is 2.38. The molecule has 3 rings (SSSR count). The highest BCUT2D eigenvalue weighted by molar-refractivity contribution is 6.40. The Balaban J connectivity index is 1.72. The molecule has 0 amide bonds. The Morgan fingerprint density at radius 1 is 1.20 bits per heavy atom. The molecule has 20 heavy (non-hydrogen) atoms. The van der Waals surface area contributed by atoms with Gasteiger partial charge in [-0.1, -0.05) is 18.7 Å². The van der Waals surface area contributed by atoms with Gasteiger partial charge in [-0.15, -0.1) is 0 Å². The summed E-state index contributed by atoms with van der Waals surface area (Å²) >= 11 is 0. The van der Waals surface area contributed by atoms with Gasteiger partial charge in [-0.2, -0.15) is 0 Å². The summed E-state index contributed by atoms with van der Waals surface area (Å²) in [5.74, 6) is 1.12. The van der Waals surface area contributed by atoms with E-state index >= 15 is 0 Å². The highest BCUT2D eigenvalue weighted by Gasteiger charge is 2.51. The van der Waals surface area contributed by atoms with E-state index in [-0.39, 0.29) is 5.60 Å². The number of likely N-dealkylation sites (tertiary alicyclic amines) is 1. The molecular weight excluding hydrogens is 244 g/mol. The molecule has 0 bridgehead atoms. The third-order valence-corrected chi connectivity index (χ3v) is 6.18. The van der Waals surface area contributed by atoms with E-state index in [0.717, 1.165) is 38.5 Å². The van der Waals surface area contributed by atoms with Gasteiger partial charge in [0.05, 0.1) is 21.3 Å². The summed E-state index contributed by atoms with van der Waals surface area (Å²) in [6.07, 6.45) is 6.00. The third-order valence-electron chi connectivity index (χ3n) is 6.18. The zero-order chi connectivity index (χ0) is 14.6. The highest BCUT2D eigenvalue weighted by atomic mass is 16.5. The summed E-state index contributed by atoms with van der Waals surface area (Å²) in [5.41, 5.74) is 0.358. The van der Waals surface area contributed by atoms with Gasteiger partial charge in [-0.3, -0.25) is 0 Å². The molecule has 3 atom stereocenters. The van der Waals surface area contributed by atoms with Crippen LogP contribution < -0.4 is 0 Å². The lowest BCUT2D eigenvalue weighted by Gasteiger charge is -2.49. The van der Waals surface area contributed by atoms with Crippen molar-refractivity contribution in [1.82, 2.24) is 4.90 Å². The minimum absolute atomic E-state index is 0.0909. The number of rotatable bonds is 2. The fourth-order valence-electron chi connectivity index (χ4n) is 4.77. The molecule has 1 aliphatic carbocycles. The monoisotopic (exact) mass is 271 g/mol. The first-order chi connectivity index (χ1) is 9.23. The van der Waals surface area contributed by atoms with Gasteiger partial charge in [0.2, 0.25) is 0 Å². The summed E-state index contributed by atoms with van der Waals surface area (Å²) in [5, 5.41) is -0.672. The standard InChI is InChI=1S/C16H27B2NO/c1-14(2)9-12(6-8-20-14)16(17,18)19-10-13-5-4-7-15(13,3)11-19/h12-13H,4-11H2,1-3H3. The smallest absolute Gasteiger partial charge is 0.0828 e.